The Balaban J connectivity index is 1.58. The molecule has 0 spiro atoms. The lowest BCUT2D eigenvalue weighted by molar-refractivity contribution is -0.115. The Morgan fingerprint density at radius 3 is 2.31 bits per heavy atom. The van der Waals surface area contributed by atoms with Crippen molar-refractivity contribution in [2.45, 2.75) is 11.6 Å². The summed E-state index contributed by atoms with van der Waals surface area (Å²) in [4.78, 5) is 30.0. The topological polar surface area (TPSA) is 64.0 Å². The van der Waals surface area contributed by atoms with Gasteiger partial charge in [0, 0.05) is 17.9 Å². The van der Waals surface area contributed by atoms with Crippen LogP contribution in [0.2, 0.25) is 0 Å². The summed E-state index contributed by atoms with van der Waals surface area (Å²) >= 11 is 1.40. The van der Waals surface area contributed by atoms with Gasteiger partial charge >= 0.3 is 0 Å². The van der Waals surface area contributed by atoms with Gasteiger partial charge in [0.2, 0.25) is 5.91 Å². The fraction of sp³-hybridized carbons (Fsp3) is 0.0870. The van der Waals surface area contributed by atoms with Crippen LogP contribution >= 0.6 is 11.8 Å². The van der Waals surface area contributed by atoms with Crippen LogP contribution in [0, 0.1) is 0 Å². The molecule has 4 aromatic rings. The summed E-state index contributed by atoms with van der Waals surface area (Å²) in [6, 6.07) is 26.1. The molecule has 0 aliphatic carbocycles. The zero-order chi connectivity index (χ0) is 20.1. The van der Waals surface area contributed by atoms with E-state index in [1.807, 2.05) is 78.9 Å². The van der Waals surface area contributed by atoms with Gasteiger partial charge in [0.25, 0.3) is 5.56 Å². The number of thioether (sulfide) groups is 1. The Morgan fingerprint density at radius 2 is 1.55 bits per heavy atom. The molecule has 1 heterocycles. The van der Waals surface area contributed by atoms with Crippen molar-refractivity contribution in [3.05, 3.63) is 95.3 Å². The van der Waals surface area contributed by atoms with Gasteiger partial charge in [-0.25, -0.2) is 4.98 Å². The quantitative estimate of drug-likeness (QED) is 0.381. The van der Waals surface area contributed by atoms with Gasteiger partial charge in [-0.15, -0.1) is 0 Å². The summed E-state index contributed by atoms with van der Waals surface area (Å²) in [6.45, 7) is 0. The van der Waals surface area contributed by atoms with E-state index in [1.165, 1.54) is 11.8 Å². The number of aromatic nitrogens is 2. The van der Waals surface area contributed by atoms with E-state index in [0.717, 1.165) is 11.4 Å². The molecule has 29 heavy (non-hydrogen) atoms. The van der Waals surface area contributed by atoms with E-state index in [4.69, 9.17) is 0 Å². The van der Waals surface area contributed by atoms with Crippen LogP contribution < -0.4 is 10.9 Å². The predicted molar refractivity (Wildman–Crippen MR) is 118 cm³/mol. The van der Waals surface area contributed by atoms with E-state index in [2.05, 4.69) is 10.3 Å². The first-order valence-electron chi connectivity index (χ1n) is 9.27. The van der Waals surface area contributed by atoms with Crippen molar-refractivity contribution in [1.82, 2.24) is 9.55 Å². The normalized spacial score (nSPS) is 10.8. The molecule has 0 atom stereocenters. The third-order valence-corrected chi connectivity index (χ3v) is 5.32. The summed E-state index contributed by atoms with van der Waals surface area (Å²) in [6.07, 6.45) is 0.317. The number of rotatable bonds is 6. The molecule has 144 valence electrons. The van der Waals surface area contributed by atoms with E-state index in [9.17, 15) is 9.59 Å². The molecular weight excluding hydrogens is 382 g/mol. The molecule has 4 rings (SSSR count). The highest BCUT2D eigenvalue weighted by atomic mass is 32.2. The molecule has 0 fully saturated rings. The number of fused-ring (bicyclic) bond motifs is 1. The molecule has 3 aromatic carbocycles. The van der Waals surface area contributed by atoms with E-state index < -0.39 is 0 Å². The Labute approximate surface area is 172 Å². The SMILES string of the molecule is O=C(CCSc1nc2ccccc2c(=O)n1-c1ccccc1)Nc1ccccc1. The van der Waals surface area contributed by atoms with Crippen LogP contribution in [0.4, 0.5) is 5.69 Å². The van der Waals surface area contributed by atoms with Crippen molar-refractivity contribution < 1.29 is 4.79 Å². The first-order valence-corrected chi connectivity index (χ1v) is 10.3. The second-order valence-corrected chi connectivity index (χ2v) is 7.46. The van der Waals surface area contributed by atoms with E-state index in [-0.39, 0.29) is 11.5 Å². The minimum absolute atomic E-state index is 0.0712. The number of para-hydroxylation sites is 3. The van der Waals surface area contributed by atoms with Crippen molar-refractivity contribution in [1.29, 1.82) is 0 Å². The van der Waals surface area contributed by atoms with Gasteiger partial charge in [-0.05, 0) is 36.4 Å². The van der Waals surface area contributed by atoms with Gasteiger partial charge in [-0.2, -0.15) is 0 Å². The summed E-state index contributed by atoms with van der Waals surface area (Å²) < 4.78 is 1.61. The Bertz CT molecular complexity index is 1190. The number of carbonyl (C=O) groups excluding carboxylic acids is 1. The molecule has 1 aromatic heterocycles. The maximum Gasteiger partial charge on any atom is 0.266 e. The van der Waals surface area contributed by atoms with E-state index in [1.54, 1.807) is 10.6 Å². The third kappa shape index (κ3) is 4.38. The molecule has 1 N–H and O–H groups in total. The number of hydrogen-bond acceptors (Lipinski definition) is 4. The Hall–Kier alpha value is -3.38. The Kier molecular flexibility index (Phi) is 5.72. The van der Waals surface area contributed by atoms with Crippen molar-refractivity contribution in [2.24, 2.45) is 0 Å². The molecule has 0 aliphatic heterocycles. The second kappa shape index (κ2) is 8.75. The molecule has 0 aliphatic rings. The van der Waals surface area contributed by atoms with Crippen LogP contribution in [-0.4, -0.2) is 21.2 Å². The molecule has 0 radical (unpaired) electrons. The largest absolute Gasteiger partial charge is 0.326 e. The highest BCUT2D eigenvalue weighted by Crippen LogP contribution is 2.22. The second-order valence-electron chi connectivity index (χ2n) is 6.40. The zero-order valence-corrected chi connectivity index (χ0v) is 16.4. The van der Waals surface area contributed by atoms with Crippen LogP contribution in [0.15, 0.2) is 94.9 Å². The number of hydrogen-bond donors (Lipinski definition) is 1. The minimum atomic E-state index is -0.113. The van der Waals surface area contributed by atoms with Crippen molar-refractivity contribution >= 4 is 34.3 Å². The fourth-order valence-corrected chi connectivity index (χ4v) is 3.94. The van der Waals surface area contributed by atoms with Gasteiger partial charge in [-0.3, -0.25) is 14.2 Å². The van der Waals surface area contributed by atoms with Crippen molar-refractivity contribution in [3.8, 4) is 5.69 Å². The van der Waals surface area contributed by atoms with Crippen LogP contribution in [0.3, 0.4) is 0 Å². The lowest BCUT2D eigenvalue weighted by Gasteiger charge is -2.13. The number of benzene rings is 3. The predicted octanol–water partition coefficient (Wildman–Crippen LogP) is 4.51. The lowest BCUT2D eigenvalue weighted by atomic mass is 10.2. The molecule has 0 bridgehead atoms. The lowest BCUT2D eigenvalue weighted by Crippen LogP contribution is -2.22. The maximum absolute atomic E-state index is 13.1. The molecule has 6 heteroatoms. The minimum Gasteiger partial charge on any atom is -0.326 e. The molecule has 0 saturated carbocycles. The summed E-state index contributed by atoms with van der Waals surface area (Å²) in [5.41, 5.74) is 2.07. The number of nitrogens with one attached hydrogen (secondary N) is 1. The van der Waals surface area contributed by atoms with E-state index in [0.29, 0.717) is 28.2 Å². The van der Waals surface area contributed by atoms with Crippen LogP contribution in [0.1, 0.15) is 6.42 Å². The molecule has 0 saturated heterocycles. The number of anilines is 1. The standard InChI is InChI=1S/C23H19N3O2S/c27-21(24-17-9-3-1-4-10-17)15-16-29-23-25-20-14-8-7-13-19(20)22(28)26(23)18-11-5-2-6-12-18/h1-14H,15-16H2,(H,24,27). The number of nitrogens with zero attached hydrogens (tertiary/aromatic N) is 2. The monoisotopic (exact) mass is 401 g/mol. The zero-order valence-electron chi connectivity index (χ0n) is 15.6. The molecule has 0 unspecified atom stereocenters. The van der Waals surface area contributed by atoms with Gasteiger partial charge in [0.05, 0.1) is 16.6 Å². The first kappa shape index (κ1) is 19.0. The Morgan fingerprint density at radius 1 is 0.897 bits per heavy atom. The first-order chi connectivity index (χ1) is 14.2. The molecular formula is C23H19N3O2S. The summed E-state index contributed by atoms with van der Waals surface area (Å²) in [7, 11) is 0. The van der Waals surface area contributed by atoms with Gasteiger partial charge in [0.1, 0.15) is 0 Å². The summed E-state index contributed by atoms with van der Waals surface area (Å²) in [5.74, 6) is 0.439. The number of amides is 1. The molecule has 1 amide bonds. The fourth-order valence-electron chi connectivity index (χ4n) is 2.99. The van der Waals surface area contributed by atoms with Gasteiger partial charge in [0.15, 0.2) is 5.16 Å². The average molecular weight is 401 g/mol. The van der Waals surface area contributed by atoms with E-state index >= 15 is 0 Å². The maximum atomic E-state index is 13.1. The van der Waals surface area contributed by atoms with Gasteiger partial charge < -0.3 is 5.32 Å². The highest BCUT2D eigenvalue weighted by molar-refractivity contribution is 7.99. The molecule has 5 nitrogen and oxygen atoms in total. The highest BCUT2D eigenvalue weighted by Gasteiger charge is 2.13. The van der Waals surface area contributed by atoms with Crippen LogP contribution in [0.25, 0.3) is 16.6 Å². The third-order valence-electron chi connectivity index (χ3n) is 4.38. The smallest absolute Gasteiger partial charge is 0.266 e. The summed E-state index contributed by atoms with van der Waals surface area (Å²) in [5, 5.41) is 4.02. The average Bonchev–Trinajstić information content (AvgIpc) is 2.75. The van der Waals surface area contributed by atoms with Crippen LogP contribution in [-0.2, 0) is 4.79 Å². The van der Waals surface area contributed by atoms with Gasteiger partial charge in [-0.1, -0.05) is 60.3 Å². The van der Waals surface area contributed by atoms with Crippen molar-refractivity contribution in [3.63, 3.8) is 0 Å². The number of carbonyl (C=O) groups is 1. The van der Waals surface area contributed by atoms with Crippen LogP contribution in [0.5, 0.6) is 0 Å². The van der Waals surface area contributed by atoms with Crippen molar-refractivity contribution in [2.75, 3.05) is 11.1 Å².